The number of aromatic amines is 1. The number of benzene rings is 3. The quantitative estimate of drug-likeness (QED) is 0.263. The predicted octanol–water partition coefficient (Wildman–Crippen LogP) is 3.22. The van der Waals surface area contributed by atoms with Crippen molar-refractivity contribution in [3.8, 4) is 5.75 Å². The van der Waals surface area contributed by atoms with Gasteiger partial charge >= 0.3 is 134 Å². The molecule has 0 bridgehead atoms. The van der Waals surface area contributed by atoms with E-state index in [1.165, 1.54) is 0 Å². The summed E-state index contributed by atoms with van der Waals surface area (Å²) in [4.78, 5) is 14.9. The second-order valence-corrected chi connectivity index (χ2v) is 9.97. The Labute approximate surface area is 182 Å². The third-order valence-electron chi connectivity index (χ3n) is 4.92. The Morgan fingerprint density at radius 1 is 1.07 bits per heavy atom. The molecular weight excluding hydrogens is 439 g/mol. The van der Waals surface area contributed by atoms with Crippen molar-refractivity contribution >= 4 is 52.2 Å². The normalized spacial score (nSPS) is 11.5. The maximum atomic E-state index is 11.5. The molecule has 3 N–H and O–H groups in total. The van der Waals surface area contributed by atoms with Crippen LogP contribution in [-0.4, -0.2) is 50.2 Å². The molecule has 1 radical (unpaired) electrons. The fraction of sp³-hybridized carbons (Fsp3) is 0.208. The van der Waals surface area contributed by atoms with Crippen molar-refractivity contribution in [3.63, 3.8) is 0 Å². The van der Waals surface area contributed by atoms with Gasteiger partial charge in [-0.15, -0.1) is 0 Å². The Balaban J connectivity index is 1.43. The molecule has 0 fully saturated rings. The molecule has 3 aromatic carbocycles. The van der Waals surface area contributed by atoms with Crippen LogP contribution in [0.2, 0.25) is 0 Å². The van der Waals surface area contributed by atoms with Gasteiger partial charge in [0.05, 0.1) is 0 Å². The molecule has 0 spiro atoms. The third kappa shape index (κ3) is 4.69. The second kappa shape index (κ2) is 9.37. The second-order valence-electron chi connectivity index (χ2n) is 7.10. The van der Waals surface area contributed by atoms with Crippen LogP contribution in [0.15, 0.2) is 60.7 Å². The van der Waals surface area contributed by atoms with Crippen molar-refractivity contribution in [2.24, 2.45) is 0 Å². The predicted molar refractivity (Wildman–Crippen MR) is 123 cm³/mol. The molecule has 1 heterocycles. The SMILES string of the molecule is CC(=O)[As]c1ccc2[nH]c3cc(OCCNc4ccccc4CCO)ccc3c2c1. The summed E-state index contributed by atoms with van der Waals surface area (Å²) in [5.41, 5.74) is 4.23. The van der Waals surface area contributed by atoms with Crippen LogP contribution in [0.5, 0.6) is 5.75 Å². The summed E-state index contributed by atoms with van der Waals surface area (Å²) in [6.45, 7) is 3.00. The Hall–Kier alpha value is -2.75. The number of rotatable bonds is 9. The summed E-state index contributed by atoms with van der Waals surface area (Å²) in [5.74, 6) is 0.815. The number of para-hydroxylation sites is 1. The van der Waals surface area contributed by atoms with Gasteiger partial charge in [-0.05, 0) is 18.1 Å². The van der Waals surface area contributed by atoms with Crippen molar-refractivity contribution in [1.29, 1.82) is 0 Å². The van der Waals surface area contributed by atoms with Gasteiger partial charge in [-0.1, -0.05) is 18.2 Å². The number of anilines is 1. The summed E-state index contributed by atoms with van der Waals surface area (Å²) < 4.78 is 7.32. The third-order valence-corrected chi connectivity index (χ3v) is 6.71. The number of carbonyl (C=O) groups is 1. The maximum absolute atomic E-state index is 11.5. The monoisotopic (exact) mass is 463 g/mol. The number of aliphatic hydroxyl groups is 1. The van der Waals surface area contributed by atoms with Crippen LogP contribution >= 0.6 is 0 Å². The molecule has 30 heavy (non-hydrogen) atoms. The van der Waals surface area contributed by atoms with E-state index in [1.807, 2.05) is 42.5 Å². The molecule has 153 valence electrons. The van der Waals surface area contributed by atoms with Crippen LogP contribution in [0, 0.1) is 0 Å². The molecule has 0 aliphatic carbocycles. The van der Waals surface area contributed by atoms with E-state index < -0.39 is 15.8 Å². The van der Waals surface area contributed by atoms with Gasteiger partial charge in [0.15, 0.2) is 0 Å². The fourth-order valence-electron chi connectivity index (χ4n) is 3.60. The van der Waals surface area contributed by atoms with Gasteiger partial charge in [-0.3, -0.25) is 0 Å². The number of carbonyl (C=O) groups excluding carboxylic acids is 1. The molecule has 0 aliphatic heterocycles. The van der Waals surface area contributed by atoms with Crippen LogP contribution in [0.3, 0.4) is 0 Å². The molecule has 0 saturated carbocycles. The fourth-order valence-corrected chi connectivity index (χ4v) is 5.08. The molecule has 5 nitrogen and oxygen atoms in total. The van der Waals surface area contributed by atoms with Crippen molar-refractivity contribution in [1.82, 2.24) is 4.98 Å². The standard InChI is InChI=1S/C24H24AsN2O3/c1-16(29)25-18-6-9-23-21(14-18)20-8-7-19(15-24(20)27-23)30-13-11-26-22-5-3-2-4-17(22)10-12-28/h2-9,14-15,26-28H,10-13H2,1H3. The molecule has 0 saturated heterocycles. The summed E-state index contributed by atoms with van der Waals surface area (Å²) >= 11 is -0.431. The number of fused-ring (bicyclic) bond motifs is 3. The average molecular weight is 463 g/mol. The number of aliphatic hydroxyl groups excluding tert-OH is 1. The minimum absolute atomic E-state index is 0.136. The van der Waals surface area contributed by atoms with Gasteiger partial charge in [0.2, 0.25) is 0 Å². The van der Waals surface area contributed by atoms with E-state index in [2.05, 4.69) is 28.5 Å². The number of nitrogens with one attached hydrogen (secondary N) is 2. The Morgan fingerprint density at radius 2 is 1.93 bits per heavy atom. The topological polar surface area (TPSA) is 74.4 Å². The van der Waals surface area contributed by atoms with Gasteiger partial charge in [-0.25, -0.2) is 0 Å². The van der Waals surface area contributed by atoms with Crippen LogP contribution < -0.4 is 14.4 Å². The van der Waals surface area contributed by atoms with Gasteiger partial charge in [0, 0.05) is 6.61 Å². The van der Waals surface area contributed by atoms with E-state index >= 15 is 0 Å². The molecule has 6 heteroatoms. The molecular formula is C24H24AsN2O3. The molecule has 4 aromatic rings. The van der Waals surface area contributed by atoms with E-state index in [-0.39, 0.29) is 11.2 Å². The van der Waals surface area contributed by atoms with Crippen molar-refractivity contribution in [2.75, 3.05) is 25.1 Å². The summed E-state index contributed by atoms with van der Waals surface area (Å²) in [7, 11) is 0. The van der Waals surface area contributed by atoms with Crippen LogP contribution in [0.25, 0.3) is 21.8 Å². The molecule has 0 aliphatic rings. The Bertz CT molecular complexity index is 1190. The number of H-pyrrole nitrogens is 1. The van der Waals surface area contributed by atoms with E-state index in [9.17, 15) is 9.90 Å². The first-order valence-electron chi connectivity index (χ1n) is 9.97. The first-order chi connectivity index (χ1) is 14.6. The zero-order valence-corrected chi connectivity index (χ0v) is 18.7. The van der Waals surface area contributed by atoms with Gasteiger partial charge in [0.1, 0.15) is 0 Å². The number of aromatic nitrogens is 1. The van der Waals surface area contributed by atoms with Crippen LogP contribution in [0.4, 0.5) is 5.69 Å². The van der Waals surface area contributed by atoms with Crippen LogP contribution in [0.1, 0.15) is 12.5 Å². The number of hydrogen-bond donors (Lipinski definition) is 3. The molecule has 0 atom stereocenters. The van der Waals surface area contributed by atoms with Crippen molar-refractivity contribution in [2.45, 2.75) is 13.3 Å². The van der Waals surface area contributed by atoms with Gasteiger partial charge < -0.3 is 5.11 Å². The Kier molecular flexibility index (Phi) is 6.41. The number of hydrogen-bond acceptors (Lipinski definition) is 4. The van der Waals surface area contributed by atoms with E-state index in [0.29, 0.717) is 19.6 Å². The first kappa shape index (κ1) is 20.5. The molecule has 0 unspecified atom stereocenters. The minimum atomic E-state index is -0.431. The van der Waals surface area contributed by atoms with Gasteiger partial charge in [0.25, 0.3) is 0 Å². The molecule has 4 rings (SSSR count). The van der Waals surface area contributed by atoms with E-state index in [1.54, 1.807) is 6.92 Å². The van der Waals surface area contributed by atoms with E-state index in [4.69, 9.17) is 4.74 Å². The first-order valence-corrected chi connectivity index (χ1v) is 11.8. The zero-order valence-electron chi connectivity index (χ0n) is 16.8. The number of ether oxygens (including phenoxy) is 1. The van der Waals surface area contributed by atoms with Crippen molar-refractivity contribution < 1.29 is 14.6 Å². The summed E-state index contributed by atoms with van der Waals surface area (Å²) in [6.07, 6.45) is 0.636. The average Bonchev–Trinajstić information content (AvgIpc) is 3.09. The summed E-state index contributed by atoms with van der Waals surface area (Å²) in [5, 5.41) is 14.9. The van der Waals surface area contributed by atoms with Gasteiger partial charge in [-0.2, -0.15) is 0 Å². The summed E-state index contributed by atoms with van der Waals surface area (Å²) in [6, 6.07) is 20.3. The van der Waals surface area contributed by atoms with Crippen LogP contribution in [-0.2, 0) is 11.2 Å². The zero-order chi connectivity index (χ0) is 20.9. The van der Waals surface area contributed by atoms with E-state index in [0.717, 1.165) is 43.2 Å². The molecule has 1 aromatic heterocycles. The Morgan fingerprint density at radius 3 is 2.77 bits per heavy atom. The molecule has 0 amide bonds. The van der Waals surface area contributed by atoms with Crippen molar-refractivity contribution in [3.05, 3.63) is 66.2 Å².